The largest absolute Gasteiger partial charge is 0.383 e. The Balaban J connectivity index is 1.51. The van der Waals surface area contributed by atoms with Gasteiger partial charge in [-0.2, -0.15) is 5.10 Å². The predicted octanol–water partition coefficient (Wildman–Crippen LogP) is 2.29. The van der Waals surface area contributed by atoms with Crippen molar-refractivity contribution in [2.24, 2.45) is 5.92 Å². The Bertz CT molecular complexity index is 792. The number of amides is 1. The van der Waals surface area contributed by atoms with Crippen molar-refractivity contribution in [2.45, 2.75) is 25.4 Å². The molecule has 3 saturated heterocycles. The van der Waals surface area contributed by atoms with Crippen LogP contribution in [0, 0.1) is 11.7 Å². The van der Waals surface area contributed by atoms with Crippen molar-refractivity contribution in [3.8, 4) is 11.3 Å². The average Bonchev–Trinajstić information content (AvgIpc) is 2.96. The molecular formula is C20H25FN4O2. The van der Waals surface area contributed by atoms with Crippen LogP contribution in [-0.4, -0.2) is 65.3 Å². The van der Waals surface area contributed by atoms with E-state index >= 15 is 0 Å². The maximum atomic E-state index is 13.2. The summed E-state index contributed by atoms with van der Waals surface area (Å²) in [5.74, 6) is 0.0668. The number of ether oxygens (including phenoxy) is 1. The number of piperidine rings is 1. The smallest absolute Gasteiger partial charge is 0.227 e. The number of H-pyrrole nitrogens is 1. The predicted molar refractivity (Wildman–Crippen MR) is 99.4 cm³/mol. The maximum absolute atomic E-state index is 13.2. The van der Waals surface area contributed by atoms with Gasteiger partial charge in [0.2, 0.25) is 5.91 Å². The van der Waals surface area contributed by atoms with Gasteiger partial charge in [0.15, 0.2) is 0 Å². The summed E-state index contributed by atoms with van der Waals surface area (Å²) < 4.78 is 18.4. The zero-order valence-electron chi connectivity index (χ0n) is 15.5. The Morgan fingerprint density at radius 2 is 2.07 bits per heavy atom. The molecule has 6 nitrogen and oxygen atoms in total. The highest BCUT2D eigenvalue weighted by atomic mass is 19.1. The van der Waals surface area contributed by atoms with Crippen LogP contribution in [0.15, 0.2) is 30.5 Å². The molecule has 3 aliphatic heterocycles. The minimum atomic E-state index is -0.251. The van der Waals surface area contributed by atoms with E-state index in [-0.39, 0.29) is 23.7 Å². The normalized spacial score (nSPS) is 23.0. The average molecular weight is 372 g/mol. The number of aromatic amines is 1. The van der Waals surface area contributed by atoms with Crippen molar-refractivity contribution in [1.29, 1.82) is 0 Å². The van der Waals surface area contributed by atoms with Crippen molar-refractivity contribution >= 4 is 5.91 Å². The van der Waals surface area contributed by atoms with E-state index in [1.54, 1.807) is 19.2 Å². The van der Waals surface area contributed by atoms with Gasteiger partial charge in [-0.25, -0.2) is 4.39 Å². The number of hydrogen-bond donors (Lipinski definition) is 1. The Morgan fingerprint density at radius 3 is 2.85 bits per heavy atom. The molecule has 2 aromatic rings. The fourth-order valence-electron chi connectivity index (χ4n) is 4.28. The number of aromatic nitrogens is 2. The number of methoxy groups -OCH3 is 1. The third-order valence-electron chi connectivity index (χ3n) is 5.65. The first-order valence-electron chi connectivity index (χ1n) is 9.45. The van der Waals surface area contributed by atoms with Gasteiger partial charge in [-0.1, -0.05) is 0 Å². The van der Waals surface area contributed by atoms with Crippen molar-refractivity contribution in [1.82, 2.24) is 20.0 Å². The highest BCUT2D eigenvalue weighted by Gasteiger charge is 2.40. The minimum absolute atomic E-state index is 0.0572. The third-order valence-corrected chi connectivity index (χ3v) is 5.65. The molecule has 0 saturated carbocycles. The number of nitrogens with one attached hydrogen (secondary N) is 1. The Hall–Kier alpha value is -2.25. The Kier molecular flexibility index (Phi) is 5.22. The summed E-state index contributed by atoms with van der Waals surface area (Å²) in [6, 6.07) is 6.67. The van der Waals surface area contributed by atoms with Gasteiger partial charge < -0.3 is 9.64 Å². The molecule has 4 heterocycles. The Labute approximate surface area is 158 Å². The fraction of sp³-hybridized carbons (Fsp3) is 0.500. The van der Waals surface area contributed by atoms with Crippen molar-refractivity contribution in [3.05, 3.63) is 41.8 Å². The number of carbonyl (C=O) groups is 1. The van der Waals surface area contributed by atoms with Crippen LogP contribution >= 0.6 is 0 Å². The minimum Gasteiger partial charge on any atom is -0.383 e. The Morgan fingerprint density at radius 1 is 1.26 bits per heavy atom. The molecule has 1 aromatic heterocycles. The molecule has 0 unspecified atom stereocenters. The van der Waals surface area contributed by atoms with Crippen molar-refractivity contribution in [3.63, 3.8) is 0 Å². The highest BCUT2D eigenvalue weighted by Crippen LogP contribution is 2.31. The molecule has 2 atom stereocenters. The monoisotopic (exact) mass is 372 g/mol. The summed E-state index contributed by atoms with van der Waals surface area (Å²) in [5, 5.41) is 7.23. The van der Waals surface area contributed by atoms with Crippen LogP contribution in [-0.2, 0) is 16.1 Å². The first-order valence-corrected chi connectivity index (χ1v) is 9.45. The first kappa shape index (κ1) is 18.1. The van der Waals surface area contributed by atoms with Crippen LogP contribution in [0.1, 0.15) is 18.4 Å². The van der Waals surface area contributed by atoms with Gasteiger partial charge in [0.1, 0.15) is 5.82 Å². The molecule has 144 valence electrons. The standard InChI is InChI=1S/C20H25FN4O2/c1-27-9-8-25-18-7-4-15(20(25)26)11-24(13-18)12-16-10-22-23-19(16)14-2-5-17(21)6-3-14/h2-3,5-6,10,15,18H,4,7-9,11-13H2,1H3,(H,22,23)/t15-,18+/m0/s1. The molecule has 0 spiro atoms. The number of halogens is 1. The summed E-state index contributed by atoms with van der Waals surface area (Å²) in [6.07, 6.45) is 3.84. The van der Waals surface area contributed by atoms with Gasteiger partial charge in [-0.05, 0) is 37.1 Å². The zero-order valence-corrected chi connectivity index (χ0v) is 15.5. The molecule has 1 amide bonds. The number of hydrogen-bond acceptors (Lipinski definition) is 4. The second-order valence-corrected chi connectivity index (χ2v) is 7.42. The summed E-state index contributed by atoms with van der Waals surface area (Å²) >= 11 is 0. The molecule has 27 heavy (non-hydrogen) atoms. The lowest BCUT2D eigenvalue weighted by molar-refractivity contribution is -0.140. The topological polar surface area (TPSA) is 61.5 Å². The molecular weight excluding hydrogens is 347 g/mol. The summed E-state index contributed by atoms with van der Waals surface area (Å²) in [4.78, 5) is 17.1. The number of nitrogens with zero attached hydrogens (tertiary/aromatic N) is 3. The molecule has 3 aliphatic rings. The molecule has 2 bridgehead atoms. The van der Waals surface area contributed by atoms with Crippen LogP contribution in [0.3, 0.4) is 0 Å². The number of carbonyl (C=O) groups excluding carboxylic acids is 1. The SMILES string of the molecule is COCCN1C(=O)[C@H]2CC[C@@H]1CN(Cc1cn[nH]c1-c1ccc(F)cc1)C2. The van der Waals surface area contributed by atoms with E-state index in [1.807, 2.05) is 11.1 Å². The summed E-state index contributed by atoms with van der Waals surface area (Å²) in [7, 11) is 1.67. The lowest BCUT2D eigenvalue weighted by Crippen LogP contribution is -2.49. The van der Waals surface area contributed by atoms with E-state index < -0.39 is 0 Å². The van der Waals surface area contributed by atoms with Gasteiger partial charge in [-0.3, -0.25) is 14.8 Å². The zero-order chi connectivity index (χ0) is 18.8. The van der Waals surface area contributed by atoms with Gasteiger partial charge >= 0.3 is 0 Å². The molecule has 1 aromatic carbocycles. The van der Waals surface area contributed by atoms with E-state index in [4.69, 9.17) is 4.74 Å². The number of rotatable bonds is 6. The van der Waals surface area contributed by atoms with Crippen LogP contribution in [0.2, 0.25) is 0 Å². The van der Waals surface area contributed by atoms with Crippen LogP contribution < -0.4 is 0 Å². The molecule has 0 radical (unpaired) electrons. The van der Waals surface area contributed by atoms with E-state index in [2.05, 4.69) is 15.1 Å². The number of fused-ring (bicyclic) bond motifs is 4. The third kappa shape index (κ3) is 3.75. The lowest BCUT2D eigenvalue weighted by atomic mass is 9.94. The van der Waals surface area contributed by atoms with Crippen LogP contribution in [0.5, 0.6) is 0 Å². The summed E-state index contributed by atoms with van der Waals surface area (Å²) in [5.41, 5.74) is 2.90. The van der Waals surface area contributed by atoms with Gasteiger partial charge in [0.25, 0.3) is 0 Å². The second-order valence-electron chi connectivity index (χ2n) is 7.42. The van der Waals surface area contributed by atoms with E-state index in [0.29, 0.717) is 13.2 Å². The fourth-order valence-corrected chi connectivity index (χ4v) is 4.28. The van der Waals surface area contributed by atoms with Crippen molar-refractivity contribution in [2.75, 3.05) is 33.4 Å². The second kappa shape index (κ2) is 7.78. The highest BCUT2D eigenvalue weighted by molar-refractivity contribution is 5.80. The number of benzene rings is 1. The quantitative estimate of drug-likeness (QED) is 0.845. The van der Waals surface area contributed by atoms with Crippen LogP contribution in [0.25, 0.3) is 11.3 Å². The first-order chi connectivity index (χ1) is 13.2. The lowest BCUT2D eigenvalue weighted by Gasteiger charge is -2.35. The van der Waals surface area contributed by atoms with Gasteiger partial charge in [-0.15, -0.1) is 0 Å². The molecule has 7 heteroatoms. The molecule has 3 fully saturated rings. The van der Waals surface area contributed by atoms with E-state index in [1.165, 1.54) is 12.1 Å². The van der Waals surface area contributed by atoms with E-state index in [0.717, 1.165) is 49.3 Å². The van der Waals surface area contributed by atoms with Crippen LogP contribution in [0.4, 0.5) is 4.39 Å². The molecule has 0 aliphatic carbocycles. The van der Waals surface area contributed by atoms with Crippen molar-refractivity contribution < 1.29 is 13.9 Å². The maximum Gasteiger partial charge on any atom is 0.227 e. The molecule has 1 N–H and O–H groups in total. The molecule has 5 rings (SSSR count). The van der Waals surface area contributed by atoms with E-state index in [9.17, 15) is 9.18 Å². The van der Waals surface area contributed by atoms with Gasteiger partial charge in [0, 0.05) is 50.5 Å². The van der Waals surface area contributed by atoms with Gasteiger partial charge in [0.05, 0.1) is 24.4 Å². The summed E-state index contributed by atoms with van der Waals surface area (Å²) in [6.45, 7) is 3.59.